The molecule has 0 unspecified atom stereocenters. The summed E-state index contributed by atoms with van der Waals surface area (Å²) in [5.74, 6) is -1.11. The Bertz CT molecular complexity index is 224. The predicted molar refractivity (Wildman–Crippen MR) is 54.7 cm³/mol. The van der Waals surface area contributed by atoms with Crippen LogP contribution in [0.5, 0.6) is 0 Å². The third kappa shape index (κ3) is 13.0. The van der Waals surface area contributed by atoms with Gasteiger partial charge >= 0.3 is 5.97 Å². The Morgan fingerprint density at radius 2 is 2.00 bits per heavy atom. The lowest BCUT2D eigenvalue weighted by Crippen LogP contribution is -2.29. The number of carbonyl (C=O) groups is 2. The maximum atomic E-state index is 10.6. The normalized spacial score (nSPS) is 7.86. The van der Waals surface area contributed by atoms with Gasteiger partial charge in [0, 0.05) is 24.7 Å². The quantitative estimate of drug-likeness (QED) is 0.552. The number of hydrogen-bond acceptors (Lipinski definition) is 3. The van der Waals surface area contributed by atoms with Crippen LogP contribution in [0, 0.1) is 0 Å². The molecule has 4 N–H and O–H groups in total. The van der Waals surface area contributed by atoms with Crippen molar-refractivity contribution >= 4 is 11.9 Å². The van der Waals surface area contributed by atoms with Gasteiger partial charge in [-0.05, 0) is 6.92 Å². The Labute approximate surface area is 83.3 Å². The fraction of sp³-hybridized carbons (Fsp3) is 0.333. The molecule has 0 radical (unpaired) electrons. The van der Waals surface area contributed by atoms with E-state index in [0.29, 0.717) is 18.7 Å². The van der Waals surface area contributed by atoms with Gasteiger partial charge in [0.05, 0.1) is 0 Å². The molecule has 0 fully saturated rings. The number of hydrogen-bond donors (Lipinski definition) is 3. The summed E-state index contributed by atoms with van der Waals surface area (Å²) in [7, 11) is 0. The zero-order valence-electron chi connectivity index (χ0n) is 8.25. The fourth-order valence-corrected chi connectivity index (χ4v) is 0.337. The van der Waals surface area contributed by atoms with Crippen molar-refractivity contribution in [3.8, 4) is 0 Å². The summed E-state index contributed by atoms with van der Waals surface area (Å²) in [5.41, 5.74) is 5.65. The van der Waals surface area contributed by atoms with Gasteiger partial charge < -0.3 is 16.2 Å². The van der Waals surface area contributed by atoms with Crippen molar-refractivity contribution < 1.29 is 14.7 Å². The first-order chi connectivity index (χ1) is 6.45. The lowest BCUT2D eigenvalue weighted by molar-refractivity contribution is -0.131. The molecule has 0 aliphatic heterocycles. The van der Waals surface area contributed by atoms with Crippen LogP contribution in [0.3, 0.4) is 0 Å². The first-order valence-electron chi connectivity index (χ1n) is 3.94. The van der Waals surface area contributed by atoms with E-state index in [1.165, 1.54) is 0 Å². The molecular weight excluding hydrogens is 184 g/mol. The molecule has 5 heteroatoms. The van der Waals surface area contributed by atoms with E-state index in [1.807, 2.05) is 0 Å². The molecule has 0 saturated carbocycles. The lowest BCUT2D eigenvalue weighted by atomic mass is 10.3. The van der Waals surface area contributed by atoms with E-state index in [9.17, 15) is 9.59 Å². The molecule has 0 spiro atoms. The predicted octanol–water partition coefficient (Wildman–Crippen LogP) is -0.106. The van der Waals surface area contributed by atoms with E-state index in [4.69, 9.17) is 10.8 Å². The van der Waals surface area contributed by atoms with Crippen molar-refractivity contribution in [2.24, 2.45) is 5.73 Å². The molecule has 0 rings (SSSR count). The number of rotatable bonds is 4. The number of aliphatic carboxylic acids is 1. The van der Waals surface area contributed by atoms with Gasteiger partial charge in [0.1, 0.15) is 0 Å². The second-order valence-electron chi connectivity index (χ2n) is 2.37. The summed E-state index contributed by atoms with van der Waals surface area (Å²) in [5, 5.41) is 10.2. The van der Waals surface area contributed by atoms with Crippen molar-refractivity contribution in [3.05, 3.63) is 24.8 Å². The third-order valence-electron chi connectivity index (χ3n) is 0.992. The summed E-state index contributed by atoms with van der Waals surface area (Å²) in [6.45, 7) is 9.07. The smallest absolute Gasteiger partial charge is 0.327 e. The Morgan fingerprint density at radius 1 is 1.57 bits per heavy atom. The SMILES string of the molecule is C=C(C)C(=O)NCCN.C=CC(=O)O. The van der Waals surface area contributed by atoms with Crippen LogP contribution < -0.4 is 11.1 Å². The van der Waals surface area contributed by atoms with Crippen LogP contribution in [-0.4, -0.2) is 30.1 Å². The maximum absolute atomic E-state index is 10.6. The van der Waals surface area contributed by atoms with Gasteiger partial charge in [-0.1, -0.05) is 13.2 Å². The van der Waals surface area contributed by atoms with Crippen LogP contribution in [0.4, 0.5) is 0 Å². The average Bonchev–Trinajstić information content (AvgIpc) is 2.14. The molecule has 80 valence electrons. The molecule has 1 amide bonds. The van der Waals surface area contributed by atoms with Crippen LogP contribution in [0.15, 0.2) is 24.8 Å². The highest BCUT2D eigenvalue weighted by atomic mass is 16.4. The highest BCUT2D eigenvalue weighted by Gasteiger charge is 1.96. The molecule has 0 aromatic rings. The number of amides is 1. The van der Waals surface area contributed by atoms with Crippen LogP contribution in [0.25, 0.3) is 0 Å². The monoisotopic (exact) mass is 200 g/mol. The Kier molecular flexibility index (Phi) is 10.1. The number of carbonyl (C=O) groups excluding carboxylic acids is 1. The number of nitrogens with two attached hydrogens (primary N) is 1. The Morgan fingerprint density at radius 3 is 2.21 bits per heavy atom. The van der Waals surface area contributed by atoms with Crippen LogP contribution >= 0.6 is 0 Å². The van der Waals surface area contributed by atoms with E-state index >= 15 is 0 Å². The second-order valence-corrected chi connectivity index (χ2v) is 2.37. The lowest BCUT2D eigenvalue weighted by Gasteiger charge is -1.99. The molecule has 0 aliphatic carbocycles. The minimum atomic E-state index is -0.981. The number of nitrogens with one attached hydrogen (secondary N) is 1. The average molecular weight is 200 g/mol. The molecular formula is C9H16N2O3. The summed E-state index contributed by atoms with van der Waals surface area (Å²) in [6.07, 6.45) is 0.833. The van der Waals surface area contributed by atoms with E-state index in [2.05, 4.69) is 18.5 Å². The van der Waals surface area contributed by atoms with Gasteiger partial charge in [0.15, 0.2) is 0 Å². The summed E-state index contributed by atoms with van der Waals surface area (Å²) in [6, 6.07) is 0. The molecule has 0 saturated heterocycles. The molecule has 0 bridgehead atoms. The van der Waals surface area contributed by atoms with Crippen molar-refractivity contribution in [2.45, 2.75) is 6.92 Å². The van der Waals surface area contributed by atoms with Gasteiger partial charge in [0.2, 0.25) is 5.91 Å². The van der Waals surface area contributed by atoms with E-state index < -0.39 is 5.97 Å². The van der Waals surface area contributed by atoms with Crippen LogP contribution in [-0.2, 0) is 9.59 Å². The molecule has 0 heterocycles. The van der Waals surface area contributed by atoms with E-state index in [-0.39, 0.29) is 5.91 Å². The van der Waals surface area contributed by atoms with Gasteiger partial charge in [-0.15, -0.1) is 0 Å². The van der Waals surface area contributed by atoms with Gasteiger partial charge in [-0.2, -0.15) is 0 Å². The zero-order valence-corrected chi connectivity index (χ0v) is 8.25. The maximum Gasteiger partial charge on any atom is 0.327 e. The number of carboxylic acids is 1. The minimum absolute atomic E-state index is 0.125. The molecule has 14 heavy (non-hydrogen) atoms. The Balaban J connectivity index is 0. The molecule has 0 aromatic carbocycles. The topological polar surface area (TPSA) is 92.4 Å². The zero-order chi connectivity index (χ0) is 11.6. The second kappa shape index (κ2) is 9.47. The highest BCUT2D eigenvalue weighted by Crippen LogP contribution is 1.82. The van der Waals surface area contributed by atoms with Gasteiger partial charge in [-0.25, -0.2) is 4.79 Å². The van der Waals surface area contributed by atoms with Crippen molar-refractivity contribution in [3.63, 3.8) is 0 Å². The highest BCUT2D eigenvalue weighted by molar-refractivity contribution is 5.92. The van der Waals surface area contributed by atoms with E-state index in [1.54, 1.807) is 6.92 Å². The summed E-state index contributed by atoms with van der Waals surface area (Å²) in [4.78, 5) is 19.9. The summed E-state index contributed by atoms with van der Waals surface area (Å²) < 4.78 is 0. The minimum Gasteiger partial charge on any atom is -0.478 e. The van der Waals surface area contributed by atoms with Crippen molar-refractivity contribution in [2.75, 3.05) is 13.1 Å². The molecule has 0 atom stereocenters. The first kappa shape index (κ1) is 14.9. The van der Waals surface area contributed by atoms with Crippen molar-refractivity contribution in [1.82, 2.24) is 5.32 Å². The Hall–Kier alpha value is -1.62. The van der Waals surface area contributed by atoms with Gasteiger partial charge in [-0.3, -0.25) is 4.79 Å². The largest absolute Gasteiger partial charge is 0.478 e. The standard InChI is InChI=1S/C6H12N2O.C3H4O2/c1-5(2)6(9)8-4-3-7;1-2-3(4)5/h1,3-4,7H2,2H3,(H,8,9);2H,1H2,(H,4,5). The van der Waals surface area contributed by atoms with Gasteiger partial charge in [0.25, 0.3) is 0 Å². The fourth-order valence-electron chi connectivity index (χ4n) is 0.337. The first-order valence-corrected chi connectivity index (χ1v) is 3.94. The molecule has 0 aromatic heterocycles. The van der Waals surface area contributed by atoms with E-state index in [0.717, 1.165) is 6.08 Å². The third-order valence-corrected chi connectivity index (χ3v) is 0.992. The molecule has 0 aliphatic rings. The van der Waals surface area contributed by atoms with Crippen LogP contribution in [0.1, 0.15) is 6.92 Å². The molecule has 5 nitrogen and oxygen atoms in total. The summed E-state index contributed by atoms with van der Waals surface area (Å²) >= 11 is 0. The van der Waals surface area contributed by atoms with Crippen molar-refractivity contribution in [1.29, 1.82) is 0 Å². The van der Waals surface area contributed by atoms with Crippen LogP contribution in [0.2, 0.25) is 0 Å². The number of carboxylic acid groups (broad SMARTS) is 1.